The zero-order valence-corrected chi connectivity index (χ0v) is 19.7. The minimum Gasteiger partial charge on any atom is -0.329 e. The number of nitrogens with zero attached hydrogens (tertiary/aromatic N) is 3. The maximum Gasteiger partial charge on any atom is 0.257 e. The number of halogens is 1. The van der Waals surface area contributed by atoms with E-state index in [4.69, 9.17) is 0 Å². The third-order valence-electron chi connectivity index (χ3n) is 5.37. The van der Waals surface area contributed by atoms with Gasteiger partial charge in [-0.05, 0) is 30.2 Å². The Kier molecular flexibility index (Phi) is 7.35. The van der Waals surface area contributed by atoms with Gasteiger partial charge in [-0.15, -0.1) is 0 Å². The molecule has 0 aliphatic heterocycles. The zero-order chi connectivity index (χ0) is 24.8. The predicted molar refractivity (Wildman–Crippen MR) is 135 cm³/mol. The predicted octanol–water partition coefficient (Wildman–Crippen LogP) is 5.42. The number of benzene rings is 3. The van der Waals surface area contributed by atoms with Gasteiger partial charge in [0.05, 0.1) is 11.3 Å². The second-order valence-corrected chi connectivity index (χ2v) is 8.63. The number of carbonyl (C=O) groups excluding carboxylic acids is 2. The molecule has 0 saturated heterocycles. The van der Waals surface area contributed by atoms with E-state index in [0.717, 1.165) is 11.3 Å². The summed E-state index contributed by atoms with van der Waals surface area (Å²) in [6.07, 6.45) is 1.86. The van der Waals surface area contributed by atoms with Crippen molar-refractivity contribution < 1.29 is 14.0 Å². The average molecular weight is 471 g/mol. The van der Waals surface area contributed by atoms with Crippen molar-refractivity contribution in [2.45, 2.75) is 13.8 Å². The number of amides is 2. The Labute approximate surface area is 204 Å². The lowest BCUT2D eigenvalue weighted by atomic mass is 10.1. The maximum atomic E-state index is 14.3. The largest absolute Gasteiger partial charge is 0.329 e. The first kappa shape index (κ1) is 23.9. The van der Waals surface area contributed by atoms with E-state index in [0.29, 0.717) is 18.2 Å². The fourth-order valence-electron chi connectivity index (χ4n) is 3.80. The van der Waals surface area contributed by atoms with E-state index in [9.17, 15) is 14.0 Å². The quantitative estimate of drug-likeness (QED) is 0.374. The van der Waals surface area contributed by atoms with E-state index >= 15 is 0 Å². The Hall–Kier alpha value is -4.26. The molecule has 0 aliphatic carbocycles. The minimum atomic E-state index is -0.612. The van der Waals surface area contributed by atoms with Gasteiger partial charge in [0, 0.05) is 24.0 Å². The molecule has 0 atom stereocenters. The van der Waals surface area contributed by atoms with Crippen LogP contribution in [0.25, 0.3) is 16.9 Å². The van der Waals surface area contributed by atoms with Crippen molar-refractivity contribution in [1.29, 1.82) is 0 Å². The first-order valence-corrected chi connectivity index (χ1v) is 11.5. The molecule has 178 valence electrons. The number of hydrogen-bond donors (Lipinski definition) is 1. The molecule has 1 aromatic heterocycles. The standard InChI is InChI=1S/C28H27FN4O2/c1-20(2)17-32(27(35)23-15-9-10-16-24(23)29)19-26(34)31-28-30-25(21-11-5-3-6-12-21)18-33(28)22-13-7-4-8-14-22/h3-16,18,20H,17,19H2,1-2H3,(H,30,31,34). The van der Waals surface area contributed by atoms with Crippen LogP contribution in [0.5, 0.6) is 0 Å². The van der Waals surface area contributed by atoms with Crippen LogP contribution >= 0.6 is 0 Å². The van der Waals surface area contributed by atoms with Gasteiger partial charge in [0.2, 0.25) is 11.9 Å². The molecule has 0 spiro atoms. The zero-order valence-electron chi connectivity index (χ0n) is 19.7. The number of imidazole rings is 1. The van der Waals surface area contributed by atoms with Crippen LogP contribution in [-0.4, -0.2) is 39.4 Å². The first-order valence-electron chi connectivity index (χ1n) is 11.5. The molecule has 0 bridgehead atoms. The van der Waals surface area contributed by atoms with Crippen LogP contribution in [0.15, 0.2) is 91.1 Å². The number of nitrogens with one attached hydrogen (secondary N) is 1. The monoisotopic (exact) mass is 470 g/mol. The number of hydrogen-bond acceptors (Lipinski definition) is 3. The summed E-state index contributed by atoms with van der Waals surface area (Å²) in [5.74, 6) is -1.13. The lowest BCUT2D eigenvalue weighted by Crippen LogP contribution is -2.40. The van der Waals surface area contributed by atoms with E-state index in [1.807, 2.05) is 80.7 Å². The average Bonchev–Trinajstić information content (AvgIpc) is 3.28. The van der Waals surface area contributed by atoms with Crippen LogP contribution in [0.2, 0.25) is 0 Å². The van der Waals surface area contributed by atoms with Gasteiger partial charge < -0.3 is 4.90 Å². The number of para-hydroxylation sites is 1. The number of anilines is 1. The van der Waals surface area contributed by atoms with Gasteiger partial charge >= 0.3 is 0 Å². The molecule has 6 nitrogen and oxygen atoms in total. The van der Waals surface area contributed by atoms with Crippen molar-refractivity contribution in [2.75, 3.05) is 18.4 Å². The minimum absolute atomic E-state index is 0.0573. The molecule has 1 heterocycles. The molecule has 4 aromatic rings. The number of carbonyl (C=O) groups is 2. The Bertz CT molecular complexity index is 1300. The lowest BCUT2D eigenvalue weighted by molar-refractivity contribution is -0.117. The summed E-state index contributed by atoms with van der Waals surface area (Å²) in [6.45, 7) is 3.96. The molecule has 1 N–H and O–H groups in total. The van der Waals surface area contributed by atoms with Gasteiger partial charge in [-0.1, -0.05) is 74.5 Å². The Balaban J connectivity index is 1.61. The second kappa shape index (κ2) is 10.8. The third-order valence-corrected chi connectivity index (χ3v) is 5.37. The molecule has 0 saturated carbocycles. The van der Waals surface area contributed by atoms with Crippen LogP contribution in [0.4, 0.5) is 10.3 Å². The van der Waals surface area contributed by atoms with Gasteiger partial charge in [-0.3, -0.25) is 19.5 Å². The van der Waals surface area contributed by atoms with Crippen LogP contribution in [0.1, 0.15) is 24.2 Å². The fraction of sp³-hybridized carbons (Fsp3) is 0.179. The van der Waals surface area contributed by atoms with Gasteiger partial charge in [-0.25, -0.2) is 9.37 Å². The van der Waals surface area contributed by atoms with Gasteiger partial charge in [0.15, 0.2) is 0 Å². The molecule has 3 aromatic carbocycles. The van der Waals surface area contributed by atoms with E-state index < -0.39 is 17.6 Å². The van der Waals surface area contributed by atoms with Crippen molar-refractivity contribution in [3.8, 4) is 16.9 Å². The lowest BCUT2D eigenvalue weighted by Gasteiger charge is -2.24. The number of rotatable bonds is 8. The summed E-state index contributed by atoms with van der Waals surface area (Å²) in [7, 11) is 0. The van der Waals surface area contributed by atoms with Gasteiger partial charge in [-0.2, -0.15) is 0 Å². The third kappa shape index (κ3) is 5.81. The summed E-state index contributed by atoms with van der Waals surface area (Å²) in [6, 6.07) is 25.0. The molecule has 35 heavy (non-hydrogen) atoms. The molecule has 0 unspecified atom stereocenters. The van der Waals surface area contributed by atoms with Gasteiger partial charge in [0.1, 0.15) is 12.4 Å². The second-order valence-electron chi connectivity index (χ2n) is 8.63. The normalized spacial score (nSPS) is 10.9. The Morgan fingerprint density at radius 2 is 1.57 bits per heavy atom. The van der Waals surface area contributed by atoms with Crippen LogP contribution < -0.4 is 5.32 Å². The summed E-state index contributed by atoms with van der Waals surface area (Å²) >= 11 is 0. The topological polar surface area (TPSA) is 67.2 Å². The molecule has 0 aliphatic rings. The van der Waals surface area contributed by atoms with Gasteiger partial charge in [0.25, 0.3) is 5.91 Å². The highest BCUT2D eigenvalue weighted by Crippen LogP contribution is 2.24. The molecular formula is C28H27FN4O2. The molecule has 2 amide bonds. The Morgan fingerprint density at radius 3 is 2.23 bits per heavy atom. The highest BCUT2D eigenvalue weighted by molar-refractivity contribution is 5.99. The molecular weight excluding hydrogens is 443 g/mol. The van der Waals surface area contributed by atoms with Crippen molar-refractivity contribution in [1.82, 2.24) is 14.5 Å². The SMILES string of the molecule is CC(C)CN(CC(=O)Nc1nc(-c2ccccc2)cn1-c1ccccc1)C(=O)c1ccccc1F. The number of aromatic nitrogens is 2. The fourth-order valence-corrected chi connectivity index (χ4v) is 3.80. The smallest absolute Gasteiger partial charge is 0.257 e. The van der Waals surface area contributed by atoms with Crippen molar-refractivity contribution in [2.24, 2.45) is 5.92 Å². The van der Waals surface area contributed by atoms with Crippen LogP contribution in [0.3, 0.4) is 0 Å². The van der Waals surface area contributed by atoms with E-state index in [1.54, 1.807) is 10.6 Å². The molecule has 0 radical (unpaired) electrons. The van der Waals surface area contributed by atoms with Crippen LogP contribution in [0, 0.1) is 11.7 Å². The highest BCUT2D eigenvalue weighted by atomic mass is 19.1. The van der Waals surface area contributed by atoms with E-state index in [-0.39, 0.29) is 18.0 Å². The van der Waals surface area contributed by atoms with E-state index in [1.165, 1.54) is 23.1 Å². The summed E-state index contributed by atoms with van der Waals surface area (Å²) in [5.41, 5.74) is 2.39. The van der Waals surface area contributed by atoms with Crippen molar-refractivity contribution in [3.63, 3.8) is 0 Å². The maximum absolute atomic E-state index is 14.3. The molecule has 4 rings (SSSR count). The molecule has 0 fully saturated rings. The highest BCUT2D eigenvalue weighted by Gasteiger charge is 2.23. The first-order chi connectivity index (χ1) is 16.9. The summed E-state index contributed by atoms with van der Waals surface area (Å²) in [5, 5.41) is 2.85. The molecule has 7 heteroatoms. The van der Waals surface area contributed by atoms with Crippen molar-refractivity contribution >= 4 is 17.8 Å². The van der Waals surface area contributed by atoms with Crippen molar-refractivity contribution in [3.05, 3.63) is 103 Å². The Morgan fingerprint density at radius 1 is 0.943 bits per heavy atom. The van der Waals surface area contributed by atoms with E-state index in [2.05, 4.69) is 10.3 Å². The van der Waals surface area contributed by atoms with Crippen LogP contribution in [-0.2, 0) is 4.79 Å². The summed E-state index contributed by atoms with van der Waals surface area (Å²) in [4.78, 5) is 32.2. The summed E-state index contributed by atoms with van der Waals surface area (Å²) < 4.78 is 16.1.